The first-order valence-corrected chi connectivity index (χ1v) is 7.08. The quantitative estimate of drug-likeness (QED) is 0.779. The molecule has 0 unspecified atom stereocenters. The second-order valence-corrected chi connectivity index (χ2v) is 4.99. The number of benzene rings is 1. The van der Waals surface area contributed by atoms with E-state index >= 15 is 0 Å². The number of halogens is 1. The van der Waals surface area contributed by atoms with E-state index in [9.17, 15) is 4.79 Å². The van der Waals surface area contributed by atoms with Gasteiger partial charge in [0, 0.05) is 6.54 Å². The van der Waals surface area contributed by atoms with Crippen molar-refractivity contribution in [3.63, 3.8) is 0 Å². The molecule has 0 saturated carbocycles. The van der Waals surface area contributed by atoms with E-state index < -0.39 is 0 Å². The van der Waals surface area contributed by atoms with Gasteiger partial charge in [0.2, 0.25) is 5.91 Å². The van der Waals surface area contributed by atoms with Gasteiger partial charge in [0.1, 0.15) is 13.2 Å². The minimum Gasteiger partial charge on any atom is -0.486 e. The Morgan fingerprint density at radius 1 is 1.30 bits per heavy atom. The van der Waals surface area contributed by atoms with Gasteiger partial charge in [-0.1, -0.05) is 11.6 Å². The molecule has 5 nitrogen and oxygen atoms in total. The third-order valence-electron chi connectivity index (χ3n) is 2.95. The van der Waals surface area contributed by atoms with Crippen LogP contribution < -0.4 is 20.1 Å². The van der Waals surface area contributed by atoms with Gasteiger partial charge >= 0.3 is 0 Å². The van der Waals surface area contributed by atoms with Crippen LogP contribution >= 0.6 is 11.6 Å². The van der Waals surface area contributed by atoms with Gasteiger partial charge in [-0.2, -0.15) is 0 Å². The molecular weight excluding hydrogens is 280 g/mol. The van der Waals surface area contributed by atoms with E-state index in [-0.39, 0.29) is 12.3 Å². The average Bonchev–Trinajstić information content (AvgIpc) is 2.44. The fraction of sp³-hybridized carbons (Fsp3) is 0.500. The van der Waals surface area contributed by atoms with Crippen LogP contribution in [0.5, 0.6) is 11.5 Å². The Bertz CT molecular complexity index is 480. The molecule has 0 aromatic heterocycles. The normalized spacial score (nSPS) is 13.1. The van der Waals surface area contributed by atoms with Crippen LogP contribution in [0.25, 0.3) is 0 Å². The number of nitrogens with one attached hydrogen (secondary N) is 2. The van der Waals surface area contributed by atoms with E-state index in [2.05, 4.69) is 10.6 Å². The zero-order valence-corrected chi connectivity index (χ0v) is 12.3. The maximum absolute atomic E-state index is 11.8. The fourth-order valence-electron chi connectivity index (χ4n) is 2.01. The lowest BCUT2D eigenvalue weighted by Crippen LogP contribution is -2.28. The molecule has 6 heteroatoms. The van der Waals surface area contributed by atoms with Gasteiger partial charge in [-0.15, -0.1) is 0 Å². The second kappa shape index (κ2) is 7.36. The summed E-state index contributed by atoms with van der Waals surface area (Å²) in [7, 11) is 1.89. The molecule has 1 amide bonds. The molecule has 0 bridgehead atoms. The third-order valence-corrected chi connectivity index (χ3v) is 3.23. The predicted molar refractivity (Wildman–Crippen MR) is 77.7 cm³/mol. The van der Waals surface area contributed by atoms with Crippen molar-refractivity contribution in [2.45, 2.75) is 12.8 Å². The van der Waals surface area contributed by atoms with Crippen LogP contribution in [0.1, 0.15) is 12.0 Å². The zero-order chi connectivity index (χ0) is 14.4. The number of fused-ring (bicyclic) bond motifs is 1. The molecule has 2 rings (SSSR count). The smallest absolute Gasteiger partial charge is 0.224 e. The van der Waals surface area contributed by atoms with Crippen LogP contribution in [0.4, 0.5) is 0 Å². The number of carbonyl (C=O) groups is 1. The summed E-state index contributed by atoms with van der Waals surface area (Å²) in [5.74, 6) is 1.16. The van der Waals surface area contributed by atoms with Crippen molar-refractivity contribution >= 4 is 17.5 Å². The number of carbonyl (C=O) groups excluding carboxylic acids is 1. The van der Waals surface area contributed by atoms with E-state index in [0.29, 0.717) is 36.3 Å². The highest BCUT2D eigenvalue weighted by Crippen LogP contribution is 2.38. The van der Waals surface area contributed by atoms with Crippen LogP contribution in [0.3, 0.4) is 0 Å². The van der Waals surface area contributed by atoms with Gasteiger partial charge < -0.3 is 20.1 Å². The van der Waals surface area contributed by atoms with Gasteiger partial charge in [0.15, 0.2) is 11.5 Å². The molecule has 0 atom stereocenters. The predicted octanol–water partition coefficient (Wildman–Crippen LogP) is 1.38. The maximum Gasteiger partial charge on any atom is 0.224 e. The van der Waals surface area contributed by atoms with Crippen molar-refractivity contribution in [1.82, 2.24) is 10.6 Å². The summed E-state index contributed by atoms with van der Waals surface area (Å²) in [5, 5.41) is 6.39. The van der Waals surface area contributed by atoms with Crippen molar-refractivity contribution in [1.29, 1.82) is 0 Å². The van der Waals surface area contributed by atoms with E-state index in [1.807, 2.05) is 13.1 Å². The molecule has 0 fully saturated rings. The van der Waals surface area contributed by atoms with E-state index in [1.54, 1.807) is 6.07 Å². The molecule has 1 aliphatic heterocycles. The lowest BCUT2D eigenvalue weighted by atomic mass is 10.1. The molecule has 0 spiro atoms. The number of rotatable bonds is 6. The van der Waals surface area contributed by atoms with Crippen molar-refractivity contribution in [3.8, 4) is 11.5 Å². The number of hydrogen-bond donors (Lipinski definition) is 2. The molecule has 0 aliphatic carbocycles. The largest absolute Gasteiger partial charge is 0.486 e. The zero-order valence-electron chi connectivity index (χ0n) is 11.5. The first kappa shape index (κ1) is 14.9. The molecule has 20 heavy (non-hydrogen) atoms. The molecule has 1 aromatic carbocycles. The molecule has 0 saturated heterocycles. The molecule has 2 N–H and O–H groups in total. The lowest BCUT2D eigenvalue weighted by Gasteiger charge is -2.20. The van der Waals surface area contributed by atoms with Crippen molar-refractivity contribution in [2.24, 2.45) is 0 Å². The van der Waals surface area contributed by atoms with Crippen molar-refractivity contribution in [3.05, 3.63) is 22.7 Å². The number of ether oxygens (including phenoxy) is 2. The monoisotopic (exact) mass is 298 g/mol. The van der Waals surface area contributed by atoms with Crippen LogP contribution in [-0.2, 0) is 11.2 Å². The van der Waals surface area contributed by atoms with Crippen LogP contribution in [0.15, 0.2) is 12.1 Å². The van der Waals surface area contributed by atoms with Crippen LogP contribution in [0, 0.1) is 0 Å². The molecule has 110 valence electrons. The minimum absolute atomic E-state index is 0.0196. The highest BCUT2D eigenvalue weighted by molar-refractivity contribution is 6.32. The number of hydrogen-bond acceptors (Lipinski definition) is 4. The average molecular weight is 299 g/mol. The first-order valence-electron chi connectivity index (χ1n) is 6.70. The topological polar surface area (TPSA) is 59.6 Å². The Balaban J connectivity index is 1.92. The third kappa shape index (κ3) is 4.02. The van der Waals surface area contributed by atoms with E-state index in [1.165, 1.54) is 0 Å². The SMILES string of the molecule is CNCCCNC(=O)Cc1cc(Cl)c2c(c1)OCCO2. The second-order valence-electron chi connectivity index (χ2n) is 4.59. The summed E-state index contributed by atoms with van der Waals surface area (Å²) in [5.41, 5.74) is 0.824. The fourth-order valence-corrected chi connectivity index (χ4v) is 2.30. The summed E-state index contributed by atoms with van der Waals surface area (Å²) in [4.78, 5) is 11.8. The maximum atomic E-state index is 11.8. The first-order chi connectivity index (χ1) is 9.70. The van der Waals surface area contributed by atoms with E-state index in [0.717, 1.165) is 18.5 Å². The Morgan fingerprint density at radius 3 is 2.90 bits per heavy atom. The van der Waals surface area contributed by atoms with Crippen LogP contribution in [-0.4, -0.2) is 39.3 Å². The summed E-state index contributed by atoms with van der Waals surface area (Å²) in [6.07, 6.45) is 1.19. The number of amides is 1. The summed E-state index contributed by atoms with van der Waals surface area (Å²) >= 11 is 6.13. The standard InChI is InChI=1S/C14H19ClN2O3/c1-16-3-2-4-17-13(18)9-10-7-11(15)14-12(8-10)19-5-6-20-14/h7-8,16H,2-6,9H2,1H3,(H,17,18). The van der Waals surface area contributed by atoms with Crippen LogP contribution in [0.2, 0.25) is 5.02 Å². The van der Waals surface area contributed by atoms with Gasteiger partial charge in [0.05, 0.1) is 11.4 Å². The van der Waals surface area contributed by atoms with Gasteiger partial charge in [-0.05, 0) is 37.7 Å². The molecule has 0 radical (unpaired) electrons. The van der Waals surface area contributed by atoms with Crippen molar-refractivity contribution in [2.75, 3.05) is 33.4 Å². The lowest BCUT2D eigenvalue weighted by molar-refractivity contribution is -0.120. The molecule has 1 aromatic rings. The molecule has 1 aliphatic rings. The molecular formula is C14H19ClN2O3. The van der Waals surface area contributed by atoms with Gasteiger partial charge in [-0.25, -0.2) is 0 Å². The highest BCUT2D eigenvalue weighted by atomic mass is 35.5. The highest BCUT2D eigenvalue weighted by Gasteiger charge is 2.17. The Labute approximate surface area is 123 Å². The summed E-state index contributed by atoms with van der Waals surface area (Å²) in [6.45, 7) is 2.55. The van der Waals surface area contributed by atoms with Gasteiger partial charge in [-0.3, -0.25) is 4.79 Å². The molecule has 1 heterocycles. The Hall–Kier alpha value is -1.46. The van der Waals surface area contributed by atoms with Gasteiger partial charge in [0.25, 0.3) is 0 Å². The summed E-state index contributed by atoms with van der Waals surface area (Å²) in [6, 6.07) is 3.57. The Kier molecular flexibility index (Phi) is 5.49. The summed E-state index contributed by atoms with van der Waals surface area (Å²) < 4.78 is 10.9. The minimum atomic E-state index is -0.0196. The van der Waals surface area contributed by atoms with Crippen molar-refractivity contribution < 1.29 is 14.3 Å². The Morgan fingerprint density at radius 2 is 2.10 bits per heavy atom. The van der Waals surface area contributed by atoms with E-state index in [4.69, 9.17) is 21.1 Å².